The van der Waals surface area contributed by atoms with Crippen molar-refractivity contribution < 1.29 is 4.42 Å². The molecule has 3 nitrogen and oxygen atoms in total. The second-order valence-corrected chi connectivity index (χ2v) is 2.84. The van der Waals surface area contributed by atoms with Crippen molar-refractivity contribution in [3.8, 4) is 11.4 Å². The molecule has 2 aromatic rings. The minimum absolute atomic E-state index is 0.674. The van der Waals surface area contributed by atoms with Crippen LogP contribution in [0.25, 0.3) is 11.4 Å². The molecule has 2 rings (SSSR count). The Morgan fingerprint density at radius 3 is 2.91 bits per heavy atom. The fraction of sp³-hybridized carbons (Fsp3) is 0.143. The largest absolute Gasteiger partial charge is 0.449 e. The van der Waals surface area contributed by atoms with Crippen molar-refractivity contribution in [3.05, 3.63) is 23.0 Å². The number of hydrogen-bond acceptors (Lipinski definition) is 4. The highest BCUT2D eigenvalue weighted by atomic mass is 32.1. The Morgan fingerprint density at radius 1 is 1.45 bits per heavy atom. The topological polar surface area (TPSA) is 38.9 Å². The quantitative estimate of drug-likeness (QED) is 0.651. The Labute approximate surface area is 67.7 Å². The number of rotatable bonds is 1. The lowest BCUT2D eigenvalue weighted by Gasteiger charge is -1.81. The van der Waals surface area contributed by atoms with Crippen LogP contribution in [0.2, 0.25) is 0 Å². The summed E-state index contributed by atoms with van der Waals surface area (Å²) in [4.78, 5) is 8.23. The van der Waals surface area contributed by atoms with Gasteiger partial charge in [-0.2, -0.15) is 0 Å². The molecule has 0 aliphatic heterocycles. The molecule has 0 fully saturated rings. The van der Waals surface area contributed by atoms with Crippen molar-refractivity contribution >= 4 is 11.3 Å². The SMILES string of the molecule is Cc1nc(-c2cscn2)co1. The van der Waals surface area contributed by atoms with Gasteiger partial charge >= 0.3 is 0 Å². The predicted octanol–water partition coefficient (Wildman–Crippen LogP) is 2.11. The molecule has 0 spiro atoms. The van der Waals surface area contributed by atoms with Gasteiger partial charge in [0.1, 0.15) is 17.7 Å². The molecule has 0 amide bonds. The number of aryl methyl sites for hydroxylation is 1. The molecule has 0 saturated heterocycles. The number of thiazole rings is 1. The molecule has 11 heavy (non-hydrogen) atoms. The van der Waals surface area contributed by atoms with Gasteiger partial charge in [0.05, 0.1) is 5.51 Å². The van der Waals surface area contributed by atoms with E-state index < -0.39 is 0 Å². The van der Waals surface area contributed by atoms with E-state index in [2.05, 4.69) is 9.97 Å². The highest BCUT2D eigenvalue weighted by Gasteiger charge is 2.03. The molecule has 0 aliphatic carbocycles. The summed E-state index contributed by atoms with van der Waals surface area (Å²) in [5, 5.41) is 1.94. The standard InChI is InChI=1S/C7H6N2OS/c1-5-9-6(2-10-5)7-3-11-4-8-7/h2-4H,1H3. The summed E-state index contributed by atoms with van der Waals surface area (Å²) in [6, 6.07) is 0. The molecule has 0 saturated carbocycles. The zero-order valence-electron chi connectivity index (χ0n) is 5.94. The van der Waals surface area contributed by atoms with Gasteiger partial charge in [-0.25, -0.2) is 9.97 Å². The van der Waals surface area contributed by atoms with Gasteiger partial charge in [0.2, 0.25) is 0 Å². The first-order chi connectivity index (χ1) is 5.36. The zero-order valence-corrected chi connectivity index (χ0v) is 6.76. The van der Waals surface area contributed by atoms with Gasteiger partial charge in [0.15, 0.2) is 5.89 Å². The van der Waals surface area contributed by atoms with Crippen LogP contribution in [0.4, 0.5) is 0 Å². The first-order valence-corrected chi connectivity index (χ1v) is 4.11. The Bertz CT molecular complexity index is 339. The maximum Gasteiger partial charge on any atom is 0.191 e. The van der Waals surface area contributed by atoms with E-state index in [1.165, 1.54) is 0 Å². The van der Waals surface area contributed by atoms with Crippen LogP contribution in [-0.2, 0) is 0 Å². The minimum atomic E-state index is 0.674. The third-order valence-corrected chi connectivity index (χ3v) is 1.90. The van der Waals surface area contributed by atoms with Crippen LogP contribution in [0, 0.1) is 6.92 Å². The van der Waals surface area contributed by atoms with E-state index in [1.54, 1.807) is 23.1 Å². The van der Waals surface area contributed by atoms with Gasteiger partial charge in [-0.05, 0) is 0 Å². The molecule has 2 aromatic heterocycles. The van der Waals surface area contributed by atoms with Crippen LogP contribution in [0.1, 0.15) is 5.89 Å². The van der Waals surface area contributed by atoms with Gasteiger partial charge in [0.25, 0.3) is 0 Å². The van der Waals surface area contributed by atoms with E-state index in [0.717, 1.165) is 11.4 Å². The molecular formula is C7H6N2OS. The molecule has 56 valence electrons. The normalized spacial score (nSPS) is 10.3. The summed E-state index contributed by atoms with van der Waals surface area (Å²) in [7, 11) is 0. The van der Waals surface area contributed by atoms with E-state index in [-0.39, 0.29) is 0 Å². The molecule has 0 atom stereocenters. The molecule has 0 N–H and O–H groups in total. The first kappa shape index (κ1) is 6.54. The molecule has 0 bridgehead atoms. The second-order valence-electron chi connectivity index (χ2n) is 2.13. The average molecular weight is 166 g/mol. The van der Waals surface area contributed by atoms with Gasteiger partial charge < -0.3 is 4.42 Å². The maximum atomic E-state index is 5.04. The van der Waals surface area contributed by atoms with Crippen molar-refractivity contribution in [2.45, 2.75) is 6.92 Å². The molecule has 0 aromatic carbocycles. The molecule has 2 heterocycles. The van der Waals surface area contributed by atoms with E-state index in [9.17, 15) is 0 Å². The van der Waals surface area contributed by atoms with Gasteiger partial charge in [-0.15, -0.1) is 11.3 Å². The van der Waals surface area contributed by atoms with Gasteiger partial charge in [0, 0.05) is 12.3 Å². The van der Waals surface area contributed by atoms with Crippen LogP contribution in [0.3, 0.4) is 0 Å². The van der Waals surface area contributed by atoms with Crippen LogP contribution >= 0.6 is 11.3 Å². The van der Waals surface area contributed by atoms with Crippen LogP contribution < -0.4 is 0 Å². The monoisotopic (exact) mass is 166 g/mol. The van der Waals surface area contributed by atoms with Crippen molar-refractivity contribution in [2.24, 2.45) is 0 Å². The third-order valence-electron chi connectivity index (χ3n) is 1.31. The Kier molecular flexibility index (Phi) is 1.47. The zero-order chi connectivity index (χ0) is 7.68. The van der Waals surface area contributed by atoms with Crippen LogP contribution in [0.5, 0.6) is 0 Å². The molecule has 0 aliphatic rings. The molecule has 0 unspecified atom stereocenters. The number of oxazole rings is 1. The van der Waals surface area contributed by atoms with Crippen molar-refractivity contribution in [1.29, 1.82) is 0 Å². The summed E-state index contributed by atoms with van der Waals surface area (Å²) in [6.07, 6.45) is 1.62. The lowest BCUT2D eigenvalue weighted by molar-refractivity contribution is 0.521. The molecule has 4 heteroatoms. The minimum Gasteiger partial charge on any atom is -0.449 e. The smallest absolute Gasteiger partial charge is 0.191 e. The third kappa shape index (κ3) is 1.17. The van der Waals surface area contributed by atoms with Gasteiger partial charge in [-0.3, -0.25) is 0 Å². The molecule has 0 radical (unpaired) electrons. The van der Waals surface area contributed by atoms with E-state index in [4.69, 9.17) is 4.42 Å². The van der Waals surface area contributed by atoms with E-state index in [0.29, 0.717) is 5.89 Å². The lowest BCUT2D eigenvalue weighted by Crippen LogP contribution is -1.75. The highest BCUT2D eigenvalue weighted by molar-refractivity contribution is 7.07. The summed E-state index contributed by atoms with van der Waals surface area (Å²) in [5.41, 5.74) is 3.47. The van der Waals surface area contributed by atoms with Crippen molar-refractivity contribution in [1.82, 2.24) is 9.97 Å². The average Bonchev–Trinajstić information content (AvgIpc) is 2.55. The van der Waals surface area contributed by atoms with Gasteiger partial charge in [-0.1, -0.05) is 0 Å². The second kappa shape index (κ2) is 2.47. The van der Waals surface area contributed by atoms with Crippen LogP contribution in [-0.4, -0.2) is 9.97 Å². The maximum absolute atomic E-state index is 5.04. The first-order valence-electron chi connectivity index (χ1n) is 3.17. The van der Waals surface area contributed by atoms with E-state index in [1.807, 2.05) is 12.3 Å². The fourth-order valence-electron chi connectivity index (χ4n) is 0.820. The number of nitrogens with zero attached hydrogens (tertiary/aromatic N) is 2. The molecular weight excluding hydrogens is 160 g/mol. The van der Waals surface area contributed by atoms with Crippen molar-refractivity contribution in [3.63, 3.8) is 0 Å². The Morgan fingerprint density at radius 2 is 2.36 bits per heavy atom. The fourth-order valence-corrected chi connectivity index (χ4v) is 1.37. The summed E-state index contributed by atoms with van der Waals surface area (Å²) in [5.74, 6) is 0.674. The lowest BCUT2D eigenvalue weighted by atomic mass is 10.4. The van der Waals surface area contributed by atoms with Crippen LogP contribution in [0.15, 0.2) is 21.6 Å². The Balaban J connectivity index is 2.45. The van der Waals surface area contributed by atoms with E-state index >= 15 is 0 Å². The van der Waals surface area contributed by atoms with Crippen molar-refractivity contribution in [2.75, 3.05) is 0 Å². The Hall–Kier alpha value is -1.16. The highest BCUT2D eigenvalue weighted by Crippen LogP contribution is 2.17. The summed E-state index contributed by atoms with van der Waals surface area (Å²) < 4.78 is 5.04. The number of hydrogen-bond donors (Lipinski definition) is 0. The predicted molar refractivity (Wildman–Crippen MR) is 42.3 cm³/mol. The summed E-state index contributed by atoms with van der Waals surface area (Å²) in [6.45, 7) is 1.82. The number of aromatic nitrogens is 2. The summed E-state index contributed by atoms with van der Waals surface area (Å²) >= 11 is 1.55.